The molecular weight excluding hydrogens is 148 g/mol. The normalized spacial score (nSPS) is 16.1. The van der Waals surface area contributed by atoms with E-state index in [-0.39, 0.29) is 5.41 Å². The average Bonchev–Trinajstić information content (AvgIpc) is 2.07. The van der Waals surface area contributed by atoms with Crippen molar-refractivity contribution in [2.75, 3.05) is 0 Å². The lowest BCUT2D eigenvalue weighted by atomic mass is 9.73. The second-order valence-electron chi connectivity index (χ2n) is 3.96. The van der Waals surface area contributed by atoms with E-state index >= 15 is 0 Å². The number of carbonyl (C=O) groups is 1. The number of carbonyl (C=O) groups excluding carboxylic acids is 1. The molecule has 1 heteroatoms. The molecule has 0 heterocycles. The van der Waals surface area contributed by atoms with Crippen LogP contribution in [0.3, 0.4) is 0 Å². The Bertz CT molecular complexity index is 129. The lowest BCUT2D eigenvalue weighted by molar-refractivity contribution is -0.119. The summed E-state index contributed by atoms with van der Waals surface area (Å²) in [6, 6.07) is 0. The van der Waals surface area contributed by atoms with Crippen LogP contribution < -0.4 is 0 Å². The minimum Gasteiger partial charge on any atom is -0.303 e. The van der Waals surface area contributed by atoms with Crippen molar-refractivity contribution in [1.29, 1.82) is 0 Å². The monoisotopic (exact) mass is 170 g/mol. The SMILES string of the molecule is CCCCC(C=O)(CC)C(C)C. The van der Waals surface area contributed by atoms with Crippen LogP contribution in [0.2, 0.25) is 0 Å². The van der Waals surface area contributed by atoms with E-state index < -0.39 is 0 Å². The quantitative estimate of drug-likeness (QED) is 0.558. The number of unbranched alkanes of at least 4 members (excludes halogenated alkanes) is 1. The zero-order chi connectivity index (χ0) is 9.61. The third-order valence-electron chi connectivity index (χ3n) is 3.04. The number of aldehydes is 1. The van der Waals surface area contributed by atoms with E-state index in [2.05, 4.69) is 27.7 Å². The third-order valence-corrected chi connectivity index (χ3v) is 3.04. The Morgan fingerprint density at radius 2 is 1.92 bits per heavy atom. The van der Waals surface area contributed by atoms with Crippen LogP contribution in [-0.4, -0.2) is 6.29 Å². The molecule has 0 N–H and O–H groups in total. The van der Waals surface area contributed by atoms with Crippen LogP contribution in [0.1, 0.15) is 53.4 Å². The molecule has 0 aromatic heterocycles. The molecule has 0 spiro atoms. The molecule has 1 unspecified atom stereocenters. The second kappa shape index (κ2) is 5.34. The Hall–Kier alpha value is -0.330. The van der Waals surface area contributed by atoms with Crippen molar-refractivity contribution in [3.63, 3.8) is 0 Å². The first-order valence-electron chi connectivity index (χ1n) is 5.09. The van der Waals surface area contributed by atoms with Crippen molar-refractivity contribution < 1.29 is 4.79 Å². The standard InChI is InChI=1S/C11H22O/c1-5-7-8-11(6-2,9-12)10(3)4/h9-10H,5-8H2,1-4H3. The highest BCUT2D eigenvalue weighted by molar-refractivity contribution is 5.59. The maximum absolute atomic E-state index is 11.0. The molecule has 12 heavy (non-hydrogen) atoms. The Morgan fingerprint density at radius 3 is 2.17 bits per heavy atom. The number of hydrogen-bond acceptors (Lipinski definition) is 1. The van der Waals surface area contributed by atoms with Gasteiger partial charge in [-0.1, -0.05) is 40.5 Å². The van der Waals surface area contributed by atoms with Crippen LogP contribution in [0, 0.1) is 11.3 Å². The van der Waals surface area contributed by atoms with Crippen LogP contribution in [-0.2, 0) is 4.79 Å². The van der Waals surface area contributed by atoms with Crippen molar-refractivity contribution >= 4 is 6.29 Å². The van der Waals surface area contributed by atoms with Gasteiger partial charge < -0.3 is 4.79 Å². The molecule has 0 fully saturated rings. The molecule has 1 atom stereocenters. The fourth-order valence-corrected chi connectivity index (χ4v) is 1.66. The molecule has 0 aliphatic rings. The van der Waals surface area contributed by atoms with E-state index in [0.29, 0.717) is 5.92 Å². The fraction of sp³-hybridized carbons (Fsp3) is 0.909. The molecule has 0 saturated heterocycles. The Balaban J connectivity index is 4.25. The summed E-state index contributed by atoms with van der Waals surface area (Å²) in [5.41, 5.74) is -0.0456. The molecule has 0 amide bonds. The molecule has 72 valence electrons. The van der Waals surface area contributed by atoms with Gasteiger partial charge in [0.25, 0.3) is 0 Å². The average molecular weight is 170 g/mol. The maximum Gasteiger partial charge on any atom is 0.126 e. The second-order valence-corrected chi connectivity index (χ2v) is 3.96. The van der Waals surface area contributed by atoms with Gasteiger partial charge in [0.1, 0.15) is 6.29 Å². The lowest BCUT2D eigenvalue weighted by Crippen LogP contribution is -2.28. The van der Waals surface area contributed by atoms with Gasteiger partial charge in [0, 0.05) is 5.41 Å². The zero-order valence-corrected chi connectivity index (χ0v) is 8.89. The summed E-state index contributed by atoms with van der Waals surface area (Å²) in [7, 11) is 0. The topological polar surface area (TPSA) is 17.1 Å². The van der Waals surface area contributed by atoms with Crippen LogP contribution in [0.15, 0.2) is 0 Å². The van der Waals surface area contributed by atoms with Gasteiger partial charge in [-0.3, -0.25) is 0 Å². The predicted molar refractivity (Wildman–Crippen MR) is 53.2 cm³/mol. The fourth-order valence-electron chi connectivity index (χ4n) is 1.66. The molecule has 0 radical (unpaired) electrons. The first-order valence-corrected chi connectivity index (χ1v) is 5.09. The summed E-state index contributed by atoms with van der Waals surface area (Å²) < 4.78 is 0. The van der Waals surface area contributed by atoms with Gasteiger partial charge in [-0.25, -0.2) is 0 Å². The Morgan fingerprint density at radius 1 is 1.33 bits per heavy atom. The van der Waals surface area contributed by atoms with E-state index in [0.717, 1.165) is 12.8 Å². The van der Waals surface area contributed by atoms with E-state index in [1.54, 1.807) is 0 Å². The molecule has 0 aliphatic carbocycles. The smallest absolute Gasteiger partial charge is 0.126 e. The van der Waals surface area contributed by atoms with Gasteiger partial charge in [-0.15, -0.1) is 0 Å². The van der Waals surface area contributed by atoms with Crippen LogP contribution in [0.5, 0.6) is 0 Å². The molecule has 0 saturated carbocycles. The highest BCUT2D eigenvalue weighted by atomic mass is 16.1. The summed E-state index contributed by atoms with van der Waals surface area (Å²) >= 11 is 0. The summed E-state index contributed by atoms with van der Waals surface area (Å²) in [5, 5.41) is 0. The summed E-state index contributed by atoms with van der Waals surface area (Å²) in [6.45, 7) is 8.58. The lowest BCUT2D eigenvalue weighted by Gasteiger charge is -2.30. The Labute approximate surface area is 76.6 Å². The zero-order valence-electron chi connectivity index (χ0n) is 8.89. The van der Waals surface area contributed by atoms with Crippen molar-refractivity contribution in [2.24, 2.45) is 11.3 Å². The van der Waals surface area contributed by atoms with Crippen molar-refractivity contribution in [1.82, 2.24) is 0 Å². The van der Waals surface area contributed by atoms with Gasteiger partial charge in [0.05, 0.1) is 0 Å². The van der Waals surface area contributed by atoms with Crippen molar-refractivity contribution in [3.05, 3.63) is 0 Å². The number of rotatable bonds is 6. The van der Waals surface area contributed by atoms with Gasteiger partial charge in [0.2, 0.25) is 0 Å². The molecular formula is C11H22O. The maximum atomic E-state index is 11.0. The Kier molecular flexibility index (Phi) is 5.19. The molecule has 0 bridgehead atoms. The molecule has 0 aliphatic heterocycles. The summed E-state index contributed by atoms with van der Waals surface area (Å²) in [6.07, 6.45) is 5.57. The van der Waals surface area contributed by atoms with Gasteiger partial charge in [0.15, 0.2) is 0 Å². The van der Waals surface area contributed by atoms with Crippen LogP contribution >= 0.6 is 0 Å². The summed E-state index contributed by atoms with van der Waals surface area (Å²) in [5.74, 6) is 0.478. The first kappa shape index (κ1) is 11.7. The molecule has 0 aromatic carbocycles. The van der Waals surface area contributed by atoms with Gasteiger partial charge >= 0.3 is 0 Å². The minimum absolute atomic E-state index is 0.0456. The van der Waals surface area contributed by atoms with Crippen molar-refractivity contribution in [3.8, 4) is 0 Å². The van der Waals surface area contributed by atoms with E-state index in [9.17, 15) is 4.79 Å². The highest BCUT2D eigenvalue weighted by Gasteiger charge is 2.30. The van der Waals surface area contributed by atoms with Crippen LogP contribution in [0.4, 0.5) is 0 Å². The predicted octanol–water partition coefficient (Wildman–Crippen LogP) is 3.43. The van der Waals surface area contributed by atoms with E-state index in [1.165, 1.54) is 19.1 Å². The van der Waals surface area contributed by atoms with Gasteiger partial charge in [-0.05, 0) is 18.8 Å². The van der Waals surface area contributed by atoms with Crippen molar-refractivity contribution in [2.45, 2.75) is 53.4 Å². The van der Waals surface area contributed by atoms with E-state index in [4.69, 9.17) is 0 Å². The third kappa shape index (κ3) is 2.62. The van der Waals surface area contributed by atoms with E-state index in [1.807, 2.05) is 0 Å². The molecule has 0 aromatic rings. The summed E-state index contributed by atoms with van der Waals surface area (Å²) in [4.78, 5) is 11.0. The highest BCUT2D eigenvalue weighted by Crippen LogP contribution is 2.34. The largest absolute Gasteiger partial charge is 0.303 e. The van der Waals surface area contributed by atoms with Crippen LogP contribution in [0.25, 0.3) is 0 Å². The molecule has 0 rings (SSSR count). The number of hydrogen-bond donors (Lipinski definition) is 0. The van der Waals surface area contributed by atoms with Gasteiger partial charge in [-0.2, -0.15) is 0 Å². The first-order chi connectivity index (χ1) is 5.63. The molecule has 1 nitrogen and oxygen atoms in total. The minimum atomic E-state index is -0.0456.